The number of aromatic nitrogens is 2. The van der Waals surface area contributed by atoms with Crippen molar-refractivity contribution in [3.05, 3.63) is 66.5 Å². The number of fused-ring (bicyclic) bond motifs is 1. The van der Waals surface area contributed by atoms with Gasteiger partial charge >= 0.3 is 0 Å². The number of rotatable bonds is 6. The van der Waals surface area contributed by atoms with E-state index in [4.69, 9.17) is 15.5 Å². The molecule has 0 amide bonds. The number of anilines is 1. The molecule has 3 aromatic rings. The zero-order chi connectivity index (χ0) is 16.2. The van der Waals surface area contributed by atoms with Gasteiger partial charge in [0.1, 0.15) is 17.1 Å². The summed E-state index contributed by atoms with van der Waals surface area (Å²) in [5.41, 5.74) is 9.74. The van der Waals surface area contributed by atoms with Gasteiger partial charge in [0, 0.05) is 13.0 Å². The van der Waals surface area contributed by atoms with Crippen LogP contribution in [-0.4, -0.2) is 16.2 Å². The Labute approximate surface area is 136 Å². The summed E-state index contributed by atoms with van der Waals surface area (Å²) in [7, 11) is 0. The van der Waals surface area contributed by atoms with Crippen LogP contribution in [0.3, 0.4) is 0 Å². The number of hydrogen-bond acceptors (Lipinski definition) is 3. The Hall–Kier alpha value is -2.75. The van der Waals surface area contributed by atoms with Crippen LogP contribution in [0, 0.1) is 0 Å². The highest BCUT2D eigenvalue weighted by atomic mass is 16.5. The summed E-state index contributed by atoms with van der Waals surface area (Å²) < 4.78 is 7.96. The molecular formula is C19H21N3O. The van der Waals surface area contributed by atoms with Gasteiger partial charge in [-0.05, 0) is 31.2 Å². The van der Waals surface area contributed by atoms with Crippen molar-refractivity contribution in [1.29, 1.82) is 0 Å². The van der Waals surface area contributed by atoms with Gasteiger partial charge in [0.2, 0.25) is 0 Å². The fraction of sp³-hybridized carbons (Fsp3) is 0.211. The van der Waals surface area contributed by atoms with Crippen LogP contribution in [0.4, 0.5) is 5.69 Å². The molecule has 3 rings (SSSR count). The van der Waals surface area contributed by atoms with E-state index in [9.17, 15) is 0 Å². The molecule has 1 aromatic heterocycles. The molecule has 2 N–H and O–H groups in total. The number of para-hydroxylation sites is 2. The first kappa shape index (κ1) is 15.2. The molecule has 0 saturated carbocycles. The summed E-state index contributed by atoms with van der Waals surface area (Å²) in [6.45, 7) is 7.34. The lowest BCUT2D eigenvalue weighted by Crippen LogP contribution is -2.09. The molecule has 4 nitrogen and oxygen atoms in total. The molecule has 23 heavy (non-hydrogen) atoms. The molecule has 0 fully saturated rings. The SMILES string of the molecule is C=C(C)Cn1c(CCOc2ccccc2)nc2c(N)cccc21. The lowest BCUT2D eigenvalue weighted by Gasteiger charge is -2.10. The zero-order valence-electron chi connectivity index (χ0n) is 13.3. The maximum atomic E-state index is 6.06. The van der Waals surface area contributed by atoms with Gasteiger partial charge in [-0.1, -0.05) is 36.4 Å². The zero-order valence-corrected chi connectivity index (χ0v) is 13.3. The van der Waals surface area contributed by atoms with Gasteiger partial charge in [0.25, 0.3) is 0 Å². The Morgan fingerprint density at radius 2 is 1.96 bits per heavy atom. The van der Waals surface area contributed by atoms with E-state index in [0.717, 1.165) is 41.1 Å². The number of nitrogens with zero attached hydrogens (tertiary/aromatic N) is 2. The fourth-order valence-electron chi connectivity index (χ4n) is 2.63. The molecule has 0 saturated heterocycles. The van der Waals surface area contributed by atoms with Gasteiger partial charge in [0.05, 0.1) is 17.8 Å². The van der Waals surface area contributed by atoms with Gasteiger partial charge in [-0.2, -0.15) is 0 Å². The highest BCUT2D eigenvalue weighted by Gasteiger charge is 2.12. The number of imidazole rings is 1. The molecule has 0 aliphatic rings. The third-order valence-electron chi connectivity index (χ3n) is 3.65. The minimum absolute atomic E-state index is 0.573. The van der Waals surface area contributed by atoms with Gasteiger partial charge in [-0.15, -0.1) is 0 Å². The molecule has 0 unspecified atom stereocenters. The third-order valence-corrected chi connectivity index (χ3v) is 3.65. The highest BCUT2D eigenvalue weighted by molar-refractivity contribution is 5.87. The van der Waals surface area contributed by atoms with Crippen LogP contribution in [-0.2, 0) is 13.0 Å². The summed E-state index contributed by atoms with van der Waals surface area (Å²) in [4.78, 5) is 4.71. The van der Waals surface area contributed by atoms with Crippen LogP contribution in [0.5, 0.6) is 5.75 Å². The molecule has 0 atom stereocenters. The number of hydrogen-bond donors (Lipinski definition) is 1. The van der Waals surface area contributed by atoms with Gasteiger partial charge in [-0.3, -0.25) is 0 Å². The minimum Gasteiger partial charge on any atom is -0.493 e. The molecule has 118 valence electrons. The molecule has 0 bridgehead atoms. The van der Waals surface area contributed by atoms with Crippen molar-refractivity contribution in [2.24, 2.45) is 0 Å². The second kappa shape index (κ2) is 6.57. The van der Waals surface area contributed by atoms with E-state index in [1.165, 1.54) is 0 Å². The maximum Gasteiger partial charge on any atom is 0.119 e. The summed E-state index contributed by atoms with van der Waals surface area (Å²) >= 11 is 0. The van der Waals surface area contributed by atoms with Crippen LogP contribution in [0.25, 0.3) is 11.0 Å². The standard InChI is InChI=1S/C19H21N3O/c1-14(2)13-22-17-10-6-9-16(20)19(17)21-18(22)11-12-23-15-7-4-3-5-8-15/h3-10H,1,11-13,20H2,2H3. The lowest BCUT2D eigenvalue weighted by molar-refractivity contribution is 0.317. The van der Waals surface area contributed by atoms with Gasteiger partial charge in [0.15, 0.2) is 0 Å². The predicted octanol–water partition coefficient (Wildman–Crippen LogP) is 3.82. The van der Waals surface area contributed by atoms with Crippen molar-refractivity contribution < 1.29 is 4.74 Å². The summed E-state index contributed by atoms with van der Waals surface area (Å²) in [6, 6.07) is 15.7. The van der Waals surface area contributed by atoms with Crippen molar-refractivity contribution in [2.75, 3.05) is 12.3 Å². The normalized spacial score (nSPS) is 10.8. The van der Waals surface area contributed by atoms with Crippen molar-refractivity contribution >= 4 is 16.7 Å². The van der Waals surface area contributed by atoms with Gasteiger partial charge < -0.3 is 15.0 Å². The van der Waals surface area contributed by atoms with Crippen LogP contribution in [0.1, 0.15) is 12.7 Å². The molecular weight excluding hydrogens is 286 g/mol. The number of nitrogen functional groups attached to an aromatic ring is 1. The largest absolute Gasteiger partial charge is 0.493 e. The molecule has 4 heteroatoms. The second-order valence-corrected chi connectivity index (χ2v) is 5.70. The molecule has 0 aliphatic carbocycles. The average molecular weight is 307 g/mol. The van der Waals surface area contributed by atoms with E-state index >= 15 is 0 Å². The highest BCUT2D eigenvalue weighted by Crippen LogP contribution is 2.23. The van der Waals surface area contributed by atoms with Crippen molar-refractivity contribution in [2.45, 2.75) is 19.9 Å². The summed E-state index contributed by atoms with van der Waals surface area (Å²) in [5, 5.41) is 0. The topological polar surface area (TPSA) is 53.1 Å². The quantitative estimate of drug-likeness (QED) is 0.556. The minimum atomic E-state index is 0.573. The van der Waals surface area contributed by atoms with Crippen molar-refractivity contribution in [3.8, 4) is 5.75 Å². The van der Waals surface area contributed by atoms with Crippen molar-refractivity contribution in [3.63, 3.8) is 0 Å². The first-order valence-electron chi connectivity index (χ1n) is 7.71. The number of allylic oxidation sites excluding steroid dienone is 1. The Morgan fingerprint density at radius 1 is 1.17 bits per heavy atom. The Kier molecular flexibility index (Phi) is 4.33. The van der Waals surface area contributed by atoms with Crippen LogP contribution >= 0.6 is 0 Å². The number of ether oxygens (including phenoxy) is 1. The molecule has 0 spiro atoms. The second-order valence-electron chi connectivity index (χ2n) is 5.70. The average Bonchev–Trinajstić information content (AvgIpc) is 2.87. The van der Waals surface area contributed by atoms with E-state index in [2.05, 4.69) is 11.1 Å². The Balaban J connectivity index is 1.84. The molecule has 0 aliphatic heterocycles. The number of nitrogens with two attached hydrogens (primary N) is 1. The van der Waals surface area contributed by atoms with Crippen LogP contribution in [0.15, 0.2) is 60.7 Å². The lowest BCUT2D eigenvalue weighted by atomic mass is 10.2. The summed E-state index contributed by atoms with van der Waals surface area (Å²) in [5.74, 6) is 1.84. The van der Waals surface area contributed by atoms with E-state index in [0.29, 0.717) is 12.3 Å². The third kappa shape index (κ3) is 3.37. The molecule has 1 heterocycles. The first-order valence-corrected chi connectivity index (χ1v) is 7.71. The fourth-order valence-corrected chi connectivity index (χ4v) is 2.63. The van der Waals surface area contributed by atoms with Crippen LogP contribution in [0.2, 0.25) is 0 Å². The number of benzene rings is 2. The molecule has 2 aromatic carbocycles. The van der Waals surface area contributed by atoms with Crippen LogP contribution < -0.4 is 10.5 Å². The Bertz CT molecular complexity index is 821. The Morgan fingerprint density at radius 3 is 2.70 bits per heavy atom. The first-order chi connectivity index (χ1) is 11.1. The summed E-state index contributed by atoms with van der Waals surface area (Å²) in [6.07, 6.45) is 0.719. The smallest absolute Gasteiger partial charge is 0.119 e. The van der Waals surface area contributed by atoms with E-state index < -0.39 is 0 Å². The van der Waals surface area contributed by atoms with E-state index in [1.54, 1.807) is 0 Å². The molecule has 0 radical (unpaired) electrons. The van der Waals surface area contributed by atoms with E-state index in [-0.39, 0.29) is 0 Å². The monoisotopic (exact) mass is 307 g/mol. The van der Waals surface area contributed by atoms with Gasteiger partial charge in [-0.25, -0.2) is 4.98 Å². The maximum absolute atomic E-state index is 6.06. The van der Waals surface area contributed by atoms with E-state index in [1.807, 2.05) is 55.5 Å². The predicted molar refractivity (Wildman–Crippen MR) is 94.6 cm³/mol. The van der Waals surface area contributed by atoms with Crippen molar-refractivity contribution in [1.82, 2.24) is 9.55 Å².